The van der Waals surface area contributed by atoms with E-state index < -0.39 is 0 Å². The third-order valence-corrected chi connectivity index (χ3v) is 2.23. The van der Waals surface area contributed by atoms with E-state index >= 15 is 0 Å². The zero-order valence-electron chi connectivity index (χ0n) is 6.35. The van der Waals surface area contributed by atoms with Crippen molar-refractivity contribution in [1.82, 2.24) is 9.69 Å². The molecule has 0 amide bonds. The van der Waals surface area contributed by atoms with Gasteiger partial charge < -0.3 is 5.32 Å². The number of hydrogen-bond donors (Lipinski definition) is 1. The molecule has 10 heavy (non-hydrogen) atoms. The molecule has 2 nitrogen and oxygen atoms in total. The molecule has 0 fully saturated rings. The van der Waals surface area contributed by atoms with Gasteiger partial charge in [0, 0.05) is 4.88 Å². The van der Waals surface area contributed by atoms with Gasteiger partial charge in [0.05, 0.1) is 5.69 Å². The van der Waals surface area contributed by atoms with Crippen molar-refractivity contribution in [2.45, 2.75) is 13.3 Å². The molecule has 1 N–H and O–H groups in total. The predicted molar refractivity (Wildman–Crippen MR) is 44.5 cm³/mol. The summed E-state index contributed by atoms with van der Waals surface area (Å²) >= 11 is 1.60. The number of nitrogens with one attached hydrogen (secondary N) is 1. The van der Waals surface area contributed by atoms with Crippen LogP contribution in [0.1, 0.15) is 10.6 Å². The van der Waals surface area contributed by atoms with Gasteiger partial charge in [-0.05, 0) is 44.5 Å². The molecule has 56 valence electrons. The number of nitrogens with zero attached hydrogens (tertiary/aromatic N) is 1. The van der Waals surface area contributed by atoms with Crippen LogP contribution < -0.4 is 5.32 Å². The third-order valence-electron chi connectivity index (χ3n) is 1.30. The molecule has 0 unspecified atom stereocenters. The number of aryl methyl sites for hydroxylation is 1. The van der Waals surface area contributed by atoms with Gasteiger partial charge in [-0.3, -0.25) is 0 Å². The highest BCUT2D eigenvalue weighted by atomic mass is 32.1. The van der Waals surface area contributed by atoms with Gasteiger partial charge in [-0.15, -0.1) is 0 Å². The van der Waals surface area contributed by atoms with Gasteiger partial charge >= 0.3 is 0 Å². The van der Waals surface area contributed by atoms with E-state index in [1.807, 2.05) is 14.0 Å². The lowest BCUT2D eigenvalue weighted by molar-refractivity contribution is 0.799. The first-order chi connectivity index (χ1) is 4.83. The number of likely N-dealkylation sites (N-methyl/N-ethyl adjacent to an activating group) is 1. The summed E-state index contributed by atoms with van der Waals surface area (Å²) in [5, 5.41) is 3.10. The zero-order chi connectivity index (χ0) is 7.40. The lowest BCUT2D eigenvalue weighted by Crippen LogP contribution is -2.09. The monoisotopic (exact) mass is 156 g/mol. The van der Waals surface area contributed by atoms with Crippen LogP contribution in [0, 0.1) is 6.92 Å². The Kier molecular flexibility index (Phi) is 2.83. The van der Waals surface area contributed by atoms with Gasteiger partial charge in [-0.2, -0.15) is 4.37 Å². The van der Waals surface area contributed by atoms with Crippen molar-refractivity contribution in [3.63, 3.8) is 0 Å². The Hall–Kier alpha value is -0.410. The average molecular weight is 156 g/mol. The van der Waals surface area contributed by atoms with E-state index in [0.29, 0.717) is 0 Å². The Morgan fingerprint density at radius 3 is 3.00 bits per heavy atom. The molecule has 3 heteroatoms. The van der Waals surface area contributed by atoms with Crippen molar-refractivity contribution in [3.05, 3.63) is 16.6 Å². The van der Waals surface area contributed by atoms with Crippen LogP contribution in [0.5, 0.6) is 0 Å². The molecular formula is C7H12N2S. The summed E-state index contributed by atoms with van der Waals surface area (Å²) in [7, 11) is 1.97. The van der Waals surface area contributed by atoms with E-state index in [1.54, 1.807) is 11.5 Å². The summed E-state index contributed by atoms with van der Waals surface area (Å²) < 4.78 is 4.18. The van der Waals surface area contributed by atoms with Crippen LogP contribution in [0.3, 0.4) is 0 Å². The van der Waals surface area contributed by atoms with Crippen LogP contribution in [0.4, 0.5) is 0 Å². The van der Waals surface area contributed by atoms with Gasteiger partial charge in [0.1, 0.15) is 0 Å². The zero-order valence-corrected chi connectivity index (χ0v) is 7.16. The van der Waals surface area contributed by atoms with Crippen LogP contribution in [0.25, 0.3) is 0 Å². The van der Waals surface area contributed by atoms with Crippen LogP contribution in [0.2, 0.25) is 0 Å². The van der Waals surface area contributed by atoms with E-state index in [9.17, 15) is 0 Å². The Morgan fingerprint density at radius 2 is 2.50 bits per heavy atom. The molecule has 0 atom stereocenters. The standard InChI is InChI=1S/C7H12N2S/c1-6-5-7(10-9-6)3-4-8-2/h5,8H,3-4H2,1-2H3. The molecule has 0 aliphatic heterocycles. The quantitative estimate of drug-likeness (QED) is 0.711. The summed E-state index contributed by atoms with van der Waals surface area (Å²) in [5.41, 5.74) is 1.14. The van der Waals surface area contributed by atoms with Crippen molar-refractivity contribution >= 4 is 11.5 Å². The number of aromatic nitrogens is 1. The van der Waals surface area contributed by atoms with E-state index in [1.165, 1.54) is 4.88 Å². The average Bonchev–Trinajstić information content (AvgIpc) is 2.31. The molecule has 0 aliphatic rings. The van der Waals surface area contributed by atoms with Crippen molar-refractivity contribution in [2.24, 2.45) is 0 Å². The minimum Gasteiger partial charge on any atom is -0.319 e. The fraction of sp³-hybridized carbons (Fsp3) is 0.571. The first-order valence-corrected chi connectivity index (χ1v) is 4.17. The summed E-state index contributed by atoms with van der Waals surface area (Å²) in [6.45, 7) is 3.07. The minimum atomic E-state index is 1.04. The fourth-order valence-electron chi connectivity index (χ4n) is 0.782. The normalized spacial score (nSPS) is 10.2. The molecule has 0 aromatic carbocycles. The molecule has 1 rings (SSSR count). The molecule has 1 aromatic rings. The van der Waals surface area contributed by atoms with Gasteiger partial charge in [0.25, 0.3) is 0 Å². The van der Waals surface area contributed by atoms with E-state index in [2.05, 4.69) is 15.8 Å². The van der Waals surface area contributed by atoms with Crippen LogP contribution >= 0.6 is 11.5 Å². The number of rotatable bonds is 3. The van der Waals surface area contributed by atoms with Gasteiger partial charge in [0.15, 0.2) is 0 Å². The molecule has 0 spiro atoms. The van der Waals surface area contributed by atoms with Crippen molar-refractivity contribution in [2.75, 3.05) is 13.6 Å². The second-order valence-corrected chi connectivity index (χ2v) is 3.18. The van der Waals surface area contributed by atoms with Crippen LogP contribution in [-0.2, 0) is 6.42 Å². The van der Waals surface area contributed by atoms with E-state index in [-0.39, 0.29) is 0 Å². The summed E-state index contributed by atoms with van der Waals surface area (Å²) in [6.07, 6.45) is 1.10. The first-order valence-electron chi connectivity index (χ1n) is 3.39. The minimum absolute atomic E-state index is 1.04. The molecule has 1 aromatic heterocycles. The van der Waals surface area contributed by atoms with Crippen LogP contribution in [0.15, 0.2) is 6.07 Å². The Labute approximate surface area is 65.4 Å². The maximum Gasteiger partial charge on any atom is 0.0514 e. The highest BCUT2D eigenvalue weighted by Crippen LogP contribution is 2.08. The smallest absolute Gasteiger partial charge is 0.0514 e. The second-order valence-electron chi connectivity index (χ2n) is 2.29. The molecule has 0 saturated heterocycles. The molecule has 0 aliphatic carbocycles. The van der Waals surface area contributed by atoms with Gasteiger partial charge in [0.2, 0.25) is 0 Å². The Balaban J connectivity index is 2.42. The Bertz CT molecular complexity index is 195. The fourth-order valence-corrected chi connectivity index (χ4v) is 1.51. The van der Waals surface area contributed by atoms with Crippen LogP contribution in [-0.4, -0.2) is 18.0 Å². The largest absolute Gasteiger partial charge is 0.319 e. The topological polar surface area (TPSA) is 24.9 Å². The van der Waals surface area contributed by atoms with E-state index in [4.69, 9.17) is 0 Å². The first kappa shape index (κ1) is 7.69. The lowest BCUT2D eigenvalue weighted by Gasteiger charge is -1.92. The molecule has 0 bridgehead atoms. The maximum absolute atomic E-state index is 4.18. The third kappa shape index (κ3) is 2.08. The Morgan fingerprint density at radius 1 is 1.70 bits per heavy atom. The predicted octanol–water partition coefficient (Wildman–Crippen LogP) is 1.21. The van der Waals surface area contributed by atoms with Crippen molar-refractivity contribution in [3.8, 4) is 0 Å². The van der Waals surface area contributed by atoms with Gasteiger partial charge in [-0.25, -0.2) is 0 Å². The highest BCUT2D eigenvalue weighted by molar-refractivity contribution is 7.05. The lowest BCUT2D eigenvalue weighted by atomic mass is 10.3. The second kappa shape index (κ2) is 3.68. The SMILES string of the molecule is CNCCc1cc(C)ns1. The van der Waals surface area contributed by atoms with Gasteiger partial charge in [-0.1, -0.05) is 0 Å². The summed E-state index contributed by atoms with van der Waals surface area (Å²) in [5.74, 6) is 0. The summed E-state index contributed by atoms with van der Waals surface area (Å²) in [4.78, 5) is 1.37. The molecule has 0 radical (unpaired) electrons. The molecule has 0 saturated carbocycles. The summed E-state index contributed by atoms with van der Waals surface area (Å²) in [6, 6.07) is 2.14. The van der Waals surface area contributed by atoms with Crippen molar-refractivity contribution < 1.29 is 0 Å². The molecular weight excluding hydrogens is 144 g/mol. The van der Waals surface area contributed by atoms with Crippen molar-refractivity contribution in [1.29, 1.82) is 0 Å². The molecule has 1 heterocycles. The number of hydrogen-bond acceptors (Lipinski definition) is 3. The maximum atomic E-state index is 4.18. The van der Waals surface area contributed by atoms with E-state index in [0.717, 1.165) is 18.7 Å². The highest BCUT2D eigenvalue weighted by Gasteiger charge is 1.95.